The highest BCUT2D eigenvalue weighted by Gasteiger charge is 2.34. The second-order valence-corrected chi connectivity index (χ2v) is 8.47. The van der Waals surface area contributed by atoms with E-state index in [1.54, 1.807) is 0 Å². The lowest BCUT2D eigenvalue weighted by Crippen LogP contribution is -2.24. The molecule has 2 heterocycles. The van der Waals surface area contributed by atoms with E-state index in [1.807, 2.05) is 65.6 Å². The van der Waals surface area contributed by atoms with Gasteiger partial charge in [-0.15, -0.1) is 0 Å². The van der Waals surface area contributed by atoms with Gasteiger partial charge in [0.1, 0.15) is 18.2 Å². The summed E-state index contributed by atoms with van der Waals surface area (Å²) >= 11 is 0. The van der Waals surface area contributed by atoms with E-state index < -0.39 is 0 Å². The second-order valence-electron chi connectivity index (χ2n) is 8.47. The molecule has 1 aliphatic rings. The molecule has 0 bridgehead atoms. The zero-order chi connectivity index (χ0) is 22.1. The van der Waals surface area contributed by atoms with Crippen LogP contribution in [-0.4, -0.2) is 28.6 Å². The zero-order valence-electron chi connectivity index (χ0n) is 18.5. The molecule has 1 aliphatic heterocycles. The van der Waals surface area contributed by atoms with Gasteiger partial charge in [-0.2, -0.15) is 0 Å². The minimum Gasteiger partial charge on any atom is -0.491 e. The molecule has 1 atom stereocenters. The van der Waals surface area contributed by atoms with Crippen LogP contribution in [0.15, 0.2) is 72.8 Å². The number of hydrogen-bond donors (Lipinski definition) is 0. The SMILES string of the molecule is Cc1ccc(N2CC(c3nc4ccccc4n3CCOc3ccccc3C)CC2=O)cc1. The van der Waals surface area contributed by atoms with Crippen molar-refractivity contribution < 1.29 is 9.53 Å². The molecule has 0 saturated carbocycles. The number of aromatic nitrogens is 2. The van der Waals surface area contributed by atoms with Gasteiger partial charge >= 0.3 is 0 Å². The molecular formula is C27H27N3O2. The van der Waals surface area contributed by atoms with Gasteiger partial charge in [0, 0.05) is 24.6 Å². The highest BCUT2D eigenvalue weighted by molar-refractivity contribution is 5.96. The number of aryl methyl sites for hydroxylation is 2. The van der Waals surface area contributed by atoms with E-state index in [2.05, 4.69) is 30.5 Å². The van der Waals surface area contributed by atoms with Crippen molar-refractivity contribution >= 4 is 22.6 Å². The highest BCUT2D eigenvalue weighted by atomic mass is 16.5. The van der Waals surface area contributed by atoms with Crippen molar-refractivity contribution in [3.05, 3.63) is 89.7 Å². The number of carbonyl (C=O) groups is 1. The van der Waals surface area contributed by atoms with Crippen LogP contribution >= 0.6 is 0 Å². The van der Waals surface area contributed by atoms with Crippen LogP contribution in [0, 0.1) is 13.8 Å². The van der Waals surface area contributed by atoms with Crippen molar-refractivity contribution in [3.8, 4) is 5.75 Å². The summed E-state index contributed by atoms with van der Waals surface area (Å²) < 4.78 is 8.30. The monoisotopic (exact) mass is 425 g/mol. The van der Waals surface area contributed by atoms with Crippen molar-refractivity contribution in [1.29, 1.82) is 0 Å². The number of ether oxygens (including phenoxy) is 1. The van der Waals surface area contributed by atoms with Crippen LogP contribution in [0.5, 0.6) is 5.75 Å². The third kappa shape index (κ3) is 3.86. The Bertz CT molecular complexity index is 1260. The van der Waals surface area contributed by atoms with Crippen LogP contribution in [0.25, 0.3) is 11.0 Å². The van der Waals surface area contributed by atoms with E-state index in [0.717, 1.165) is 33.9 Å². The summed E-state index contributed by atoms with van der Waals surface area (Å²) in [5, 5.41) is 0. The summed E-state index contributed by atoms with van der Waals surface area (Å²) in [6.07, 6.45) is 0.468. The molecular weight excluding hydrogens is 398 g/mol. The molecule has 1 amide bonds. The summed E-state index contributed by atoms with van der Waals surface area (Å²) in [6.45, 7) is 5.97. The number of anilines is 1. The molecule has 0 N–H and O–H groups in total. The van der Waals surface area contributed by atoms with Gasteiger partial charge in [-0.1, -0.05) is 48.0 Å². The van der Waals surface area contributed by atoms with Gasteiger partial charge in [0.25, 0.3) is 0 Å². The van der Waals surface area contributed by atoms with E-state index >= 15 is 0 Å². The van der Waals surface area contributed by atoms with E-state index in [0.29, 0.717) is 26.1 Å². The predicted octanol–water partition coefficient (Wildman–Crippen LogP) is 5.25. The van der Waals surface area contributed by atoms with Gasteiger partial charge < -0.3 is 14.2 Å². The molecule has 0 radical (unpaired) electrons. The van der Waals surface area contributed by atoms with E-state index in [1.165, 1.54) is 5.56 Å². The Balaban J connectivity index is 1.41. The van der Waals surface area contributed by atoms with Crippen molar-refractivity contribution in [3.63, 3.8) is 0 Å². The summed E-state index contributed by atoms with van der Waals surface area (Å²) in [7, 11) is 0. The molecule has 1 unspecified atom stereocenters. The highest BCUT2D eigenvalue weighted by Crippen LogP contribution is 2.33. The molecule has 0 aliphatic carbocycles. The second kappa shape index (κ2) is 8.50. The Hall–Kier alpha value is -3.60. The summed E-state index contributed by atoms with van der Waals surface area (Å²) in [5.41, 5.74) is 5.30. The van der Waals surface area contributed by atoms with Gasteiger partial charge in [-0.05, 0) is 49.7 Å². The molecule has 1 fully saturated rings. The van der Waals surface area contributed by atoms with E-state index in [9.17, 15) is 4.79 Å². The molecule has 0 spiro atoms. The first kappa shape index (κ1) is 20.3. The number of carbonyl (C=O) groups excluding carboxylic acids is 1. The quantitative estimate of drug-likeness (QED) is 0.424. The Labute approximate surface area is 188 Å². The molecule has 1 aromatic heterocycles. The lowest BCUT2D eigenvalue weighted by Gasteiger charge is -2.18. The average Bonchev–Trinajstić information content (AvgIpc) is 3.36. The van der Waals surface area contributed by atoms with Crippen LogP contribution in [0.3, 0.4) is 0 Å². The standard InChI is InChI=1S/C27H27N3O2/c1-19-11-13-22(14-12-19)30-18-21(17-26(30)31)27-28-23-8-4-5-9-24(23)29(27)15-16-32-25-10-6-3-7-20(25)2/h3-14,21H,15-18H2,1-2H3. The first-order chi connectivity index (χ1) is 15.6. The first-order valence-electron chi connectivity index (χ1n) is 11.1. The van der Waals surface area contributed by atoms with Gasteiger partial charge in [0.15, 0.2) is 0 Å². The fourth-order valence-electron chi connectivity index (χ4n) is 4.46. The Kier molecular flexibility index (Phi) is 5.39. The van der Waals surface area contributed by atoms with Gasteiger partial charge in [0.2, 0.25) is 5.91 Å². The third-order valence-corrected chi connectivity index (χ3v) is 6.19. The number of amides is 1. The topological polar surface area (TPSA) is 47.4 Å². The minimum absolute atomic E-state index is 0.0506. The molecule has 5 nitrogen and oxygen atoms in total. The number of benzene rings is 3. The number of fused-ring (bicyclic) bond motifs is 1. The molecule has 32 heavy (non-hydrogen) atoms. The zero-order valence-corrected chi connectivity index (χ0v) is 18.5. The smallest absolute Gasteiger partial charge is 0.227 e. The van der Waals surface area contributed by atoms with Crippen molar-refractivity contribution in [2.45, 2.75) is 32.7 Å². The Morgan fingerprint density at radius 1 is 0.969 bits per heavy atom. The number of imidazole rings is 1. The number of rotatable bonds is 6. The van der Waals surface area contributed by atoms with Gasteiger partial charge in [-0.25, -0.2) is 4.98 Å². The molecule has 4 aromatic rings. The predicted molar refractivity (Wildman–Crippen MR) is 127 cm³/mol. The third-order valence-electron chi connectivity index (χ3n) is 6.19. The maximum Gasteiger partial charge on any atom is 0.227 e. The molecule has 5 rings (SSSR count). The van der Waals surface area contributed by atoms with Crippen LogP contribution < -0.4 is 9.64 Å². The molecule has 5 heteroatoms. The normalized spacial score (nSPS) is 16.1. The maximum atomic E-state index is 12.9. The minimum atomic E-state index is 0.0506. The summed E-state index contributed by atoms with van der Waals surface area (Å²) in [5.74, 6) is 2.06. The summed E-state index contributed by atoms with van der Waals surface area (Å²) in [4.78, 5) is 19.7. The van der Waals surface area contributed by atoms with Crippen LogP contribution in [-0.2, 0) is 11.3 Å². The average molecular weight is 426 g/mol. The molecule has 162 valence electrons. The largest absolute Gasteiger partial charge is 0.491 e. The molecule has 3 aromatic carbocycles. The lowest BCUT2D eigenvalue weighted by atomic mass is 10.1. The lowest BCUT2D eigenvalue weighted by molar-refractivity contribution is -0.117. The Morgan fingerprint density at radius 2 is 1.72 bits per heavy atom. The Morgan fingerprint density at radius 3 is 2.53 bits per heavy atom. The van der Waals surface area contributed by atoms with E-state index in [-0.39, 0.29) is 11.8 Å². The van der Waals surface area contributed by atoms with Crippen molar-refractivity contribution in [2.75, 3.05) is 18.1 Å². The van der Waals surface area contributed by atoms with Gasteiger partial charge in [-0.3, -0.25) is 4.79 Å². The van der Waals surface area contributed by atoms with Crippen molar-refractivity contribution in [2.24, 2.45) is 0 Å². The van der Waals surface area contributed by atoms with Crippen molar-refractivity contribution in [1.82, 2.24) is 9.55 Å². The fourth-order valence-corrected chi connectivity index (χ4v) is 4.46. The summed E-state index contributed by atoms with van der Waals surface area (Å²) in [6, 6.07) is 24.4. The number of nitrogens with zero attached hydrogens (tertiary/aromatic N) is 3. The van der Waals surface area contributed by atoms with Crippen LogP contribution in [0.1, 0.15) is 29.3 Å². The van der Waals surface area contributed by atoms with Gasteiger partial charge in [0.05, 0.1) is 17.6 Å². The first-order valence-corrected chi connectivity index (χ1v) is 11.1. The number of hydrogen-bond acceptors (Lipinski definition) is 3. The molecule has 1 saturated heterocycles. The van der Waals surface area contributed by atoms with Crippen LogP contribution in [0.2, 0.25) is 0 Å². The number of para-hydroxylation sites is 3. The van der Waals surface area contributed by atoms with Crippen LogP contribution in [0.4, 0.5) is 5.69 Å². The van der Waals surface area contributed by atoms with E-state index in [4.69, 9.17) is 9.72 Å². The maximum absolute atomic E-state index is 12.9. The fraction of sp³-hybridized carbons (Fsp3) is 0.259.